The summed E-state index contributed by atoms with van der Waals surface area (Å²) in [5.41, 5.74) is 0.0883. The van der Waals surface area contributed by atoms with E-state index in [9.17, 15) is 9.59 Å². The maximum Gasteiger partial charge on any atom is 0.322 e. The van der Waals surface area contributed by atoms with Gasteiger partial charge in [0, 0.05) is 5.41 Å². The fourth-order valence-corrected chi connectivity index (χ4v) is 5.38. The number of urea groups is 1. The molecule has 1 saturated heterocycles. The molecular weight excluding hydrogens is 216 g/mol. The van der Waals surface area contributed by atoms with E-state index in [4.69, 9.17) is 0 Å². The normalized spacial score (nSPS) is 51.5. The van der Waals surface area contributed by atoms with Gasteiger partial charge in [-0.25, -0.2) is 4.79 Å². The molecule has 4 bridgehead atoms. The summed E-state index contributed by atoms with van der Waals surface area (Å²) in [7, 11) is 0. The van der Waals surface area contributed by atoms with E-state index in [0.29, 0.717) is 0 Å². The van der Waals surface area contributed by atoms with Gasteiger partial charge in [0.05, 0.1) is 0 Å². The number of carbonyl (C=O) groups is 2. The van der Waals surface area contributed by atoms with Crippen LogP contribution in [-0.4, -0.2) is 18.0 Å². The molecule has 1 unspecified atom stereocenters. The minimum atomic E-state index is -0.296. The molecule has 17 heavy (non-hydrogen) atoms. The summed E-state index contributed by atoms with van der Waals surface area (Å²) in [5, 5.41) is 5.26. The number of rotatable bonds is 1. The van der Waals surface area contributed by atoms with Crippen molar-refractivity contribution in [2.24, 2.45) is 23.2 Å². The lowest BCUT2D eigenvalue weighted by Crippen LogP contribution is -2.56. The molecule has 1 atom stereocenters. The van der Waals surface area contributed by atoms with Crippen LogP contribution in [0.25, 0.3) is 0 Å². The number of hydrogen-bond acceptors (Lipinski definition) is 2. The predicted molar refractivity (Wildman–Crippen MR) is 61.1 cm³/mol. The molecule has 4 saturated carbocycles. The highest BCUT2D eigenvalue weighted by Gasteiger charge is 2.57. The van der Waals surface area contributed by atoms with Crippen LogP contribution >= 0.6 is 0 Å². The molecule has 5 fully saturated rings. The largest absolute Gasteiger partial charge is 0.325 e. The zero-order valence-electron chi connectivity index (χ0n) is 9.87. The Balaban J connectivity index is 1.68. The van der Waals surface area contributed by atoms with Crippen molar-refractivity contribution in [1.29, 1.82) is 0 Å². The Kier molecular flexibility index (Phi) is 1.77. The van der Waals surface area contributed by atoms with Gasteiger partial charge in [-0.05, 0) is 56.3 Å². The second kappa shape index (κ2) is 3.03. The van der Waals surface area contributed by atoms with Gasteiger partial charge < -0.3 is 5.32 Å². The fourth-order valence-electron chi connectivity index (χ4n) is 5.38. The van der Waals surface area contributed by atoms with E-state index < -0.39 is 0 Å². The van der Waals surface area contributed by atoms with Crippen LogP contribution in [0.3, 0.4) is 0 Å². The molecule has 3 amide bonds. The van der Waals surface area contributed by atoms with Crippen LogP contribution in [0.1, 0.15) is 38.5 Å². The van der Waals surface area contributed by atoms with Gasteiger partial charge in [-0.1, -0.05) is 0 Å². The third kappa shape index (κ3) is 1.30. The van der Waals surface area contributed by atoms with Gasteiger partial charge in [0.1, 0.15) is 6.04 Å². The molecule has 0 radical (unpaired) electrons. The first kappa shape index (κ1) is 9.92. The maximum atomic E-state index is 11.9. The quantitative estimate of drug-likeness (QED) is 0.674. The maximum absolute atomic E-state index is 11.9. The summed E-state index contributed by atoms with van der Waals surface area (Å²) in [6, 6.07) is -0.542. The average molecular weight is 234 g/mol. The van der Waals surface area contributed by atoms with Gasteiger partial charge >= 0.3 is 6.03 Å². The van der Waals surface area contributed by atoms with Crippen molar-refractivity contribution in [3.63, 3.8) is 0 Å². The summed E-state index contributed by atoms with van der Waals surface area (Å²) < 4.78 is 0. The topological polar surface area (TPSA) is 58.2 Å². The van der Waals surface area contributed by atoms with Gasteiger partial charge in [0.25, 0.3) is 5.91 Å². The smallest absolute Gasteiger partial charge is 0.322 e. The Bertz CT molecular complexity index is 369. The highest BCUT2D eigenvalue weighted by atomic mass is 16.2. The lowest BCUT2D eigenvalue weighted by molar-refractivity contribution is -0.130. The average Bonchev–Trinajstić information content (AvgIpc) is 2.56. The number of amides is 3. The number of imide groups is 1. The van der Waals surface area contributed by atoms with Crippen LogP contribution in [-0.2, 0) is 4.79 Å². The van der Waals surface area contributed by atoms with E-state index in [0.717, 1.165) is 37.0 Å². The van der Waals surface area contributed by atoms with Crippen molar-refractivity contribution in [2.45, 2.75) is 44.6 Å². The predicted octanol–water partition coefficient (Wildman–Crippen LogP) is 1.41. The Morgan fingerprint density at radius 3 is 1.88 bits per heavy atom. The summed E-state index contributed by atoms with van der Waals surface area (Å²) in [6.07, 6.45) is 7.54. The second-order valence-electron chi connectivity index (χ2n) is 6.68. The van der Waals surface area contributed by atoms with E-state index in [1.165, 1.54) is 19.3 Å². The first-order valence-electron chi connectivity index (χ1n) is 6.76. The summed E-state index contributed by atoms with van der Waals surface area (Å²) >= 11 is 0. The van der Waals surface area contributed by atoms with Crippen molar-refractivity contribution in [1.82, 2.24) is 10.6 Å². The van der Waals surface area contributed by atoms with Crippen molar-refractivity contribution < 1.29 is 9.59 Å². The molecule has 4 aliphatic carbocycles. The molecule has 4 heteroatoms. The highest BCUT2D eigenvalue weighted by molar-refractivity contribution is 6.04. The molecule has 0 aromatic rings. The molecule has 0 aromatic heterocycles. The first-order chi connectivity index (χ1) is 8.14. The van der Waals surface area contributed by atoms with Gasteiger partial charge in [-0.3, -0.25) is 10.1 Å². The highest BCUT2D eigenvalue weighted by Crippen LogP contribution is 2.61. The molecule has 1 heterocycles. The molecule has 5 aliphatic rings. The van der Waals surface area contributed by atoms with Gasteiger partial charge in [0.2, 0.25) is 0 Å². The first-order valence-corrected chi connectivity index (χ1v) is 6.76. The molecule has 0 aromatic carbocycles. The molecule has 5 rings (SSSR count). The van der Waals surface area contributed by atoms with E-state index in [1.807, 2.05) is 0 Å². The van der Waals surface area contributed by atoms with Crippen LogP contribution in [0.2, 0.25) is 0 Å². The summed E-state index contributed by atoms with van der Waals surface area (Å²) in [4.78, 5) is 23.2. The molecule has 4 nitrogen and oxygen atoms in total. The van der Waals surface area contributed by atoms with Gasteiger partial charge in [0.15, 0.2) is 0 Å². The van der Waals surface area contributed by atoms with Crippen molar-refractivity contribution in [3.05, 3.63) is 0 Å². The second-order valence-corrected chi connectivity index (χ2v) is 6.68. The van der Waals surface area contributed by atoms with Crippen molar-refractivity contribution >= 4 is 11.9 Å². The third-order valence-electron chi connectivity index (χ3n) is 5.47. The fraction of sp³-hybridized carbons (Fsp3) is 0.846. The molecule has 1 aliphatic heterocycles. The van der Waals surface area contributed by atoms with Crippen molar-refractivity contribution in [2.75, 3.05) is 0 Å². The van der Waals surface area contributed by atoms with E-state index in [2.05, 4.69) is 10.6 Å². The Morgan fingerprint density at radius 2 is 1.47 bits per heavy atom. The lowest BCUT2D eigenvalue weighted by atomic mass is 9.47. The monoisotopic (exact) mass is 234 g/mol. The van der Waals surface area contributed by atoms with E-state index in [1.54, 1.807) is 0 Å². The number of carbonyl (C=O) groups excluding carboxylic acids is 2. The van der Waals surface area contributed by atoms with Crippen LogP contribution in [0.4, 0.5) is 4.79 Å². The standard InChI is InChI=1S/C13H18N2O2/c16-11-10(14-12(17)15-11)13-4-7-1-8(5-13)3-9(2-7)6-13/h7-10H,1-6H2,(H2,14,15,16,17). The van der Waals surface area contributed by atoms with E-state index in [-0.39, 0.29) is 23.4 Å². The minimum absolute atomic E-state index is 0.0862. The Hall–Kier alpha value is -1.06. The molecular formula is C13H18N2O2. The van der Waals surface area contributed by atoms with Gasteiger partial charge in [-0.2, -0.15) is 0 Å². The number of nitrogens with one attached hydrogen (secondary N) is 2. The van der Waals surface area contributed by atoms with Crippen LogP contribution < -0.4 is 10.6 Å². The molecule has 92 valence electrons. The van der Waals surface area contributed by atoms with Crippen molar-refractivity contribution in [3.8, 4) is 0 Å². The van der Waals surface area contributed by atoms with Crippen LogP contribution in [0, 0.1) is 23.2 Å². The minimum Gasteiger partial charge on any atom is -0.325 e. The SMILES string of the molecule is O=C1NC(=O)C(C23CC4CC(CC(C4)C2)C3)N1. The summed E-state index contributed by atoms with van der Waals surface area (Å²) in [6.45, 7) is 0. The van der Waals surface area contributed by atoms with Crippen LogP contribution in [0.5, 0.6) is 0 Å². The third-order valence-corrected chi connectivity index (χ3v) is 5.47. The lowest BCUT2D eigenvalue weighted by Gasteiger charge is -2.58. The molecule has 0 spiro atoms. The van der Waals surface area contributed by atoms with E-state index >= 15 is 0 Å². The van der Waals surface area contributed by atoms with Crippen LogP contribution in [0.15, 0.2) is 0 Å². The molecule has 2 N–H and O–H groups in total. The Morgan fingerprint density at radius 1 is 0.941 bits per heavy atom. The zero-order valence-corrected chi connectivity index (χ0v) is 9.87. The Labute approximate surface area is 101 Å². The number of hydrogen-bond donors (Lipinski definition) is 2. The summed E-state index contributed by atoms with van der Waals surface area (Å²) in [5.74, 6) is 2.35. The van der Waals surface area contributed by atoms with Gasteiger partial charge in [-0.15, -0.1) is 0 Å². The zero-order chi connectivity index (χ0) is 11.6.